The second kappa shape index (κ2) is 8.07. The van der Waals surface area contributed by atoms with Crippen LogP contribution in [-0.4, -0.2) is 42.5 Å². The average Bonchev–Trinajstić information content (AvgIpc) is 3.09. The topological polar surface area (TPSA) is 64.6 Å². The molecule has 0 amide bonds. The maximum Gasteiger partial charge on any atom is 0.338 e. The number of aryl methyl sites for hydroxylation is 1. The predicted molar refractivity (Wildman–Crippen MR) is 94.6 cm³/mol. The van der Waals surface area contributed by atoms with Gasteiger partial charge in [-0.2, -0.15) is 5.10 Å². The second-order valence-electron chi connectivity index (χ2n) is 6.21. The van der Waals surface area contributed by atoms with Crippen LogP contribution in [0.3, 0.4) is 0 Å². The predicted octanol–water partition coefficient (Wildman–Crippen LogP) is 2.76. The molecule has 0 aliphatic carbocycles. The number of rotatable bonds is 6. The monoisotopic (exact) mass is 341 g/mol. The van der Waals surface area contributed by atoms with Gasteiger partial charge < -0.3 is 14.4 Å². The normalized spacial score (nSPS) is 16.9. The number of hydrogen-bond donors (Lipinski definition) is 0. The Kier molecular flexibility index (Phi) is 5.60. The Morgan fingerprint density at radius 1 is 1.24 bits per heavy atom. The molecule has 1 aliphatic rings. The van der Waals surface area contributed by atoms with Crippen LogP contribution < -0.4 is 4.90 Å². The molecule has 132 valence electrons. The Morgan fingerprint density at radius 3 is 2.84 bits per heavy atom. The number of carbonyl (C=O) groups is 1. The van der Waals surface area contributed by atoms with E-state index in [4.69, 9.17) is 9.47 Å². The highest BCUT2D eigenvalue weighted by atomic mass is 16.5. The third kappa shape index (κ3) is 4.14. The van der Waals surface area contributed by atoms with Crippen LogP contribution in [-0.2, 0) is 16.1 Å². The molecule has 6 heteroatoms. The van der Waals surface area contributed by atoms with Gasteiger partial charge in [-0.05, 0) is 43.5 Å². The molecular weight excluding hydrogens is 318 g/mol. The highest BCUT2D eigenvalue weighted by Crippen LogP contribution is 2.24. The zero-order chi connectivity index (χ0) is 17.6. The third-order valence-electron chi connectivity index (χ3n) is 4.40. The van der Waals surface area contributed by atoms with E-state index >= 15 is 0 Å². The molecule has 2 aromatic rings. The Hall–Kier alpha value is -2.47. The summed E-state index contributed by atoms with van der Waals surface area (Å²) >= 11 is 0. The quantitative estimate of drug-likeness (QED) is 0.753. The summed E-state index contributed by atoms with van der Waals surface area (Å²) in [4.78, 5) is 14.6. The van der Waals surface area contributed by atoms with E-state index in [0.29, 0.717) is 18.8 Å². The van der Waals surface area contributed by atoms with Crippen LogP contribution in [0.2, 0.25) is 0 Å². The van der Waals surface area contributed by atoms with Gasteiger partial charge in [-0.3, -0.25) is 0 Å². The molecule has 1 saturated heterocycles. The fourth-order valence-electron chi connectivity index (χ4n) is 3.11. The molecule has 1 aromatic carbocycles. The van der Waals surface area contributed by atoms with Gasteiger partial charge in [0, 0.05) is 13.7 Å². The molecule has 0 spiro atoms. The molecule has 0 N–H and O–H groups in total. The van der Waals surface area contributed by atoms with Crippen LogP contribution in [0.1, 0.15) is 34.5 Å². The lowest BCUT2D eigenvalue weighted by atomic mass is 10.1. The largest absolute Gasteiger partial charge is 0.460 e. The number of ether oxygens (including phenoxy) is 2. The van der Waals surface area contributed by atoms with Crippen LogP contribution >= 0.6 is 0 Å². The van der Waals surface area contributed by atoms with Gasteiger partial charge in [-0.25, -0.2) is 4.79 Å². The van der Waals surface area contributed by atoms with Crippen LogP contribution in [0.15, 0.2) is 36.4 Å². The first kappa shape index (κ1) is 17.4. The lowest BCUT2D eigenvalue weighted by Crippen LogP contribution is -2.34. The third-order valence-corrected chi connectivity index (χ3v) is 4.40. The van der Waals surface area contributed by atoms with Gasteiger partial charge in [0.1, 0.15) is 6.61 Å². The summed E-state index contributed by atoms with van der Waals surface area (Å²) in [5.74, 6) is 0.526. The van der Waals surface area contributed by atoms with E-state index in [2.05, 4.69) is 15.1 Å². The molecule has 0 saturated carbocycles. The molecule has 1 aliphatic heterocycles. The first-order valence-corrected chi connectivity index (χ1v) is 8.50. The van der Waals surface area contributed by atoms with Gasteiger partial charge in [-0.1, -0.05) is 18.2 Å². The van der Waals surface area contributed by atoms with Crippen molar-refractivity contribution >= 4 is 11.8 Å². The highest BCUT2D eigenvalue weighted by Gasteiger charge is 2.27. The van der Waals surface area contributed by atoms with E-state index in [1.165, 1.54) is 0 Å². The van der Waals surface area contributed by atoms with Gasteiger partial charge in [0.25, 0.3) is 0 Å². The molecule has 1 aromatic heterocycles. The second-order valence-corrected chi connectivity index (χ2v) is 6.21. The summed E-state index contributed by atoms with van der Waals surface area (Å²) < 4.78 is 10.7. The Bertz CT molecular complexity index is 718. The van der Waals surface area contributed by atoms with Crippen molar-refractivity contribution in [1.29, 1.82) is 0 Å². The molecule has 0 bridgehead atoms. The van der Waals surface area contributed by atoms with E-state index in [-0.39, 0.29) is 12.0 Å². The number of esters is 1. The van der Waals surface area contributed by atoms with Crippen LogP contribution in [0.5, 0.6) is 0 Å². The summed E-state index contributed by atoms with van der Waals surface area (Å²) in [5, 5.41) is 8.37. The van der Waals surface area contributed by atoms with Crippen molar-refractivity contribution in [3.05, 3.63) is 53.2 Å². The van der Waals surface area contributed by atoms with Crippen LogP contribution in [0, 0.1) is 6.92 Å². The van der Waals surface area contributed by atoms with Crippen LogP contribution in [0.4, 0.5) is 5.82 Å². The van der Waals surface area contributed by atoms with Gasteiger partial charge >= 0.3 is 5.97 Å². The summed E-state index contributed by atoms with van der Waals surface area (Å²) in [6.07, 6.45) is 2.03. The van der Waals surface area contributed by atoms with Crippen molar-refractivity contribution < 1.29 is 14.3 Å². The number of anilines is 1. The Balaban J connectivity index is 1.64. The Labute approximate surface area is 147 Å². The summed E-state index contributed by atoms with van der Waals surface area (Å²) in [7, 11) is 1.61. The van der Waals surface area contributed by atoms with E-state index in [1.54, 1.807) is 13.2 Å². The Morgan fingerprint density at radius 2 is 2.08 bits per heavy atom. The fraction of sp³-hybridized carbons (Fsp3) is 0.421. The molecule has 6 nitrogen and oxygen atoms in total. The SMILES string of the molecule is COCc1ccccc1C(=O)OC[C@@H]1CCCN1c1ccc(C)nn1. The molecule has 2 heterocycles. The lowest BCUT2D eigenvalue weighted by Gasteiger charge is -2.25. The number of nitrogens with zero attached hydrogens (tertiary/aromatic N) is 3. The van der Waals surface area contributed by atoms with Gasteiger partial charge in [-0.15, -0.1) is 5.10 Å². The van der Waals surface area contributed by atoms with Crippen LogP contribution in [0.25, 0.3) is 0 Å². The molecule has 0 radical (unpaired) electrons. The molecule has 1 atom stereocenters. The summed E-state index contributed by atoms with van der Waals surface area (Å²) in [6, 6.07) is 11.4. The minimum atomic E-state index is -0.311. The maximum atomic E-state index is 12.5. The van der Waals surface area contributed by atoms with Gasteiger partial charge in [0.2, 0.25) is 0 Å². The summed E-state index contributed by atoms with van der Waals surface area (Å²) in [5.41, 5.74) is 2.28. The zero-order valence-corrected chi connectivity index (χ0v) is 14.6. The molecule has 25 heavy (non-hydrogen) atoms. The van der Waals surface area contributed by atoms with Crippen molar-refractivity contribution in [2.75, 3.05) is 25.2 Å². The first-order chi connectivity index (χ1) is 12.2. The zero-order valence-electron chi connectivity index (χ0n) is 14.6. The molecule has 1 fully saturated rings. The van der Waals surface area contributed by atoms with E-state index in [9.17, 15) is 4.79 Å². The number of benzene rings is 1. The van der Waals surface area contributed by atoms with Crippen molar-refractivity contribution in [3.8, 4) is 0 Å². The first-order valence-electron chi connectivity index (χ1n) is 8.50. The minimum Gasteiger partial charge on any atom is -0.460 e. The number of carbonyl (C=O) groups excluding carboxylic acids is 1. The minimum absolute atomic E-state index is 0.135. The average molecular weight is 341 g/mol. The van der Waals surface area contributed by atoms with E-state index in [1.807, 2.05) is 37.3 Å². The van der Waals surface area contributed by atoms with Crippen molar-refractivity contribution in [1.82, 2.24) is 10.2 Å². The van der Waals surface area contributed by atoms with E-state index in [0.717, 1.165) is 36.5 Å². The van der Waals surface area contributed by atoms with Crippen molar-refractivity contribution in [3.63, 3.8) is 0 Å². The van der Waals surface area contributed by atoms with Gasteiger partial charge in [0.05, 0.1) is 23.9 Å². The molecular formula is C19H23N3O3. The smallest absolute Gasteiger partial charge is 0.338 e. The standard InChI is InChI=1S/C19H23N3O3/c1-14-9-10-18(21-20-14)22-11-5-7-16(22)13-25-19(23)17-8-4-3-6-15(17)12-24-2/h3-4,6,8-10,16H,5,7,11-13H2,1-2H3/t16-/m0/s1. The fourth-order valence-corrected chi connectivity index (χ4v) is 3.11. The van der Waals surface area contributed by atoms with Crippen molar-refractivity contribution in [2.45, 2.75) is 32.4 Å². The number of hydrogen-bond acceptors (Lipinski definition) is 6. The van der Waals surface area contributed by atoms with Gasteiger partial charge in [0.15, 0.2) is 5.82 Å². The maximum absolute atomic E-state index is 12.5. The highest BCUT2D eigenvalue weighted by molar-refractivity contribution is 5.91. The number of methoxy groups -OCH3 is 1. The molecule has 0 unspecified atom stereocenters. The summed E-state index contributed by atoms with van der Waals surface area (Å²) in [6.45, 7) is 3.55. The van der Waals surface area contributed by atoms with Crippen molar-refractivity contribution in [2.24, 2.45) is 0 Å². The van der Waals surface area contributed by atoms with E-state index < -0.39 is 0 Å². The lowest BCUT2D eigenvalue weighted by molar-refractivity contribution is 0.0478. The number of aromatic nitrogens is 2. The molecule has 3 rings (SSSR count).